The van der Waals surface area contributed by atoms with Crippen LogP contribution < -0.4 is 4.90 Å². The van der Waals surface area contributed by atoms with Gasteiger partial charge in [-0.25, -0.2) is 23.7 Å². The molecule has 39 heavy (non-hydrogen) atoms. The van der Waals surface area contributed by atoms with Crippen molar-refractivity contribution in [2.45, 2.75) is 38.5 Å². The Morgan fingerprint density at radius 3 is 2.33 bits per heavy atom. The van der Waals surface area contributed by atoms with Crippen LogP contribution in [0.15, 0.2) is 60.9 Å². The highest BCUT2D eigenvalue weighted by molar-refractivity contribution is 5.92. The van der Waals surface area contributed by atoms with Gasteiger partial charge in [-0.3, -0.25) is 0 Å². The second-order valence-corrected chi connectivity index (χ2v) is 10.4. The molecule has 0 bridgehead atoms. The van der Waals surface area contributed by atoms with E-state index in [0.29, 0.717) is 5.56 Å². The summed E-state index contributed by atoms with van der Waals surface area (Å²) in [6.07, 6.45) is 0.861. The number of hydrogen-bond donors (Lipinski definition) is 2. The highest BCUT2D eigenvalue weighted by Crippen LogP contribution is 2.38. The highest BCUT2D eigenvalue weighted by atomic mass is 19.3. The summed E-state index contributed by atoms with van der Waals surface area (Å²) in [6.45, 7) is 5.80. The summed E-state index contributed by atoms with van der Waals surface area (Å²) in [5.74, 6) is 1.82. The molecule has 0 spiro atoms. The van der Waals surface area contributed by atoms with E-state index in [-0.39, 0.29) is 11.0 Å². The van der Waals surface area contributed by atoms with Crippen LogP contribution >= 0.6 is 0 Å². The maximum absolute atomic E-state index is 13.0. The monoisotopic (exact) mass is 523 g/mol. The van der Waals surface area contributed by atoms with E-state index in [1.165, 1.54) is 12.1 Å². The fraction of sp³-hybridized carbons (Fsp3) is 0.267. The Morgan fingerprint density at radius 1 is 0.974 bits per heavy atom. The van der Waals surface area contributed by atoms with Gasteiger partial charge in [-0.05, 0) is 43.5 Å². The summed E-state index contributed by atoms with van der Waals surface area (Å²) >= 11 is 0. The lowest BCUT2D eigenvalue weighted by atomic mass is 9.79. The average molecular weight is 524 g/mol. The molecule has 1 fully saturated rings. The van der Waals surface area contributed by atoms with Gasteiger partial charge in [-0.1, -0.05) is 43.3 Å². The molecule has 9 heteroatoms. The molecule has 4 heterocycles. The number of aryl methyl sites for hydroxylation is 1. The fourth-order valence-electron chi connectivity index (χ4n) is 5.32. The van der Waals surface area contributed by atoms with Crippen molar-refractivity contribution in [3.05, 3.63) is 83.6 Å². The molecule has 0 radical (unpaired) electrons. The molecule has 196 valence electrons. The quantitative estimate of drug-likeness (QED) is 0.267. The molecular weight excluding hydrogens is 496 g/mol. The molecule has 1 aliphatic heterocycles. The van der Waals surface area contributed by atoms with Crippen molar-refractivity contribution in [3.8, 4) is 28.6 Å². The number of nitriles is 1. The lowest BCUT2D eigenvalue weighted by molar-refractivity contribution is 0.151. The van der Waals surface area contributed by atoms with Crippen molar-refractivity contribution < 1.29 is 8.78 Å². The number of benzene rings is 2. The summed E-state index contributed by atoms with van der Waals surface area (Å²) in [5, 5.41) is 10.0. The minimum Gasteiger partial charge on any atom is -0.356 e. The molecule has 0 unspecified atom stereocenters. The van der Waals surface area contributed by atoms with Crippen LogP contribution in [0.1, 0.15) is 48.8 Å². The number of aromatic amines is 2. The van der Waals surface area contributed by atoms with Gasteiger partial charge in [0.2, 0.25) is 0 Å². The number of halogens is 2. The SMILES string of the molecule is Cc1[nH]c(C2(C)CCN(c3ncnc4[nH]c(-c5ccc(C#N)cc5)cc34)CC2)nc1-c1ccc(C(F)F)cc1. The number of nitrogens with one attached hydrogen (secondary N) is 2. The number of imidazole rings is 1. The number of aromatic nitrogens is 5. The van der Waals surface area contributed by atoms with E-state index in [0.717, 1.165) is 76.8 Å². The first-order valence-corrected chi connectivity index (χ1v) is 12.9. The van der Waals surface area contributed by atoms with E-state index in [2.05, 4.69) is 43.9 Å². The zero-order valence-corrected chi connectivity index (χ0v) is 21.7. The third-order valence-electron chi connectivity index (χ3n) is 7.79. The normalized spacial score (nSPS) is 15.1. The molecule has 1 aliphatic rings. The third-order valence-corrected chi connectivity index (χ3v) is 7.79. The van der Waals surface area contributed by atoms with Crippen molar-refractivity contribution in [3.63, 3.8) is 0 Å². The van der Waals surface area contributed by atoms with E-state index < -0.39 is 6.43 Å². The van der Waals surface area contributed by atoms with Gasteiger partial charge >= 0.3 is 0 Å². The number of anilines is 1. The van der Waals surface area contributed by atoms with Crippen LogP contribution in [-0.4, -0.2) is 38.0 Å². The highest BCUT2D eigenvalue weighted by Gasteiger charge is 2.36. The average Bonchev–Trinajstić information content (AvgIpc) is 3.58. The van der Waals surface area contributed by atoms with Gasteiger partial charge in [-0.2, -0.15) is 5.26 Å². The summed E-state index contributed by atoms with van der Waals surface area (Å²) in [5.41, 5.74) is 5.72. The van der Waals surface area contributed by atoms with E-state index in [1.807, 2.05) is 19.1 Å². The Bertz CT molecular complexity index is 1670. The lowest BCUT2D eigenvalue weighted by Gasteiger charge is -2.38. The van der Waals surface area contributed by atoms with Crippen LogP contribution in [0.3, 0.4) is 0 Å². The molecule has 3 aromatic heterocycles. The van der Waals surface area contributed by atoms with Gasteiger partial charge in [-0.15, -0.1) is 0 Å². The van der Waals surface area contributed by atoms with E-state index in [4.69, 9.17) is 10.2 Å². The molecule has 0 atom stereocenters. The number of alkyl halides is 2. The smallest absolute Gasteiger partial charge is 0.263 e. The van der Waals surface area contributed by atoms with Crippen LogP contribution in [0.2, 0.25) is 0 Å². The Balaban J connectivity index is 1.22. The van der Waals surface area contributed by atoms with Gasteiger partial charge < -0.3 is 14.9 Å². The second kappa shape index (κ2) is 9.62. The summed E-state index contributed by atoms with van der Waals surface area (Å²) in [4.78, 5) is 23.2. The number of H-pyrrole nitrogens is 2. The fourth-order valence-corrected chi connectivity index (χ4v) is 5.32. The van der Waals surface area contributed by atoms with Crippen molar-refractivity contribution in [2.75, 3.05) is 18.0 Å². The molecule has 0 saturated carbocycles. The van der Waals surface area contributed by atoms with Gasteiger partial charge in [0.1, 0.15) is 23.6 Å². The van der Waals surface area contributed by atoms with Gasteiger partial charge in [0, 0.05) is 41.0 Å². The number of nitrogens with zero attached hydrogens (tertiary/aromatic N) is 5. The standard InChI is InChI=1S/C30H27F2N7/c1-18-25(21-7-9-22(10-8-21)26(31)32)38-29(36-18)30(2)11-13-39(14-12-30)28-23-15-24(37-27(23)34-17-35-28)20-5-3-19(16-33)4-6-20/h3-10,15,17,26H,11-14H2,1-2H3,(H,36,38)(H,34,35,37). The minimum atomic E-state index is -2.48. The van der Waals surface area contributed by atoms with Crippen molar-refractivity contribution >= 4 is 16.9 Å². The molecule has 0 amide bonds. The van der Waals surface area contributed by atoms with E-state index in [9.17, 15) is 8.78 Å². The first-order valence-electron chi connectivity index (χ1n) is 12.9. The van der Waals surface area contributed by atoms with Crippen molar-refractivity contribution in [1.82, 2.24) is 24.9 Å². The van der Waals surface area contributed by atoms with Crippen molar-refractivity contribution in [2.24, 2.45) is 0 Å². The van der Waals surface area contributed by atoms with Gasteiger partial charge in [0.05, 0.1) is 22.7 Å². The molecule has 0 aliphatic carbocycles. The number of fused-ring (bicyclic) bond motifs is 1. The number of rotatable bonds is 5. The maximum Gasteiger partial charge on any atom is 0.263 e. The van der Waals surface area contributed by atoms with E-state index >= 15 is 0 Å². The Labute approximate surface area is 224 Å². The second-order valence-electron chi connectivity index (χ2n) is 10.4. The Kier molecular flexibility index (Phi) is 6.10. The maximum atomic E-state index is 13.0. The lowest BCUT2D eigenvalue weighted by Crippen LogP contribution is -2.42. The van der Waals surface area contributed by atoms with E-state index in [1.54, 1.807) is 30.6 Å². The van der Waals surface area contributed by atoms with Gasteiger partial charge in [0.25, 0.3) is 6.43 Å². The topological polar surface area (TPSA) is 97.3 Å². The van der Waals surface area contributed by atoms with Crippen LogP contribution in [0, 0.1) is 18.3 Å². The predicted octanol–water partition coefficient (Wildman–Crippen LogP) is 6.69. The molecule has 6 rings (SSSR count). The number of hydrogen-bond acceptors (Lipinski definition) is 5. The summed E-state index contributed by atoms with van der Waals surface area (Å²) < 4.78 is 26.0. The first-order chi connectivity index (χ1) is 18.8. The zero-order valence-electron chi connectivity index (χ0n) is 21.7. The van der Waals surface area contributed by atoms with Crippen LogP contribution in [-0.2, 0) is 5.41 Å². The zero-order chi connectivity index (χ0) is 27.1. The molecule has 5 aromatic rings. The van der Waals surface area contributed by atoms with Crippen LogP contribution in [0.5, 0.6) is 0 Å². The third kappa shape index (κ3) is 4.52. The van der Waals surface area contributed by atoms with Crippen LogP contribution in [0.4, 0.5) is 14.6 Å². The first kappa shape index (κ1) is 24.7. The minimum absolute atomic E-state index is 0.0109. The summed E-state index contributed by atoms with van der Waals surface area (Å²) in [6, 6.07) is 18.0. The molecular formula is C30H27F2N7. The van der Waals surface area contributed by atoms with Crippen LogP contribution in [0.25, 0.3) is 33.5 Å². The summed E-state index contributed by atoms with van der Waals surface area (Å²) in [7, 11) is 0. The Morgan fingerprint density at radius 2 is 1.67 bits per heavy atom. The molecule has 7 nitrogen and oxygen atoms in total. The largest absolute Gasteiger partial charge is 0.356 e. The Hall–Kier alpha value is -4.58. The predicted molar refractivity (Wildman–Crippen MR) is 147 cm³/mol. The molecule has 2 aromatic carbocycles. The number of piperidine rings is 1. The van der Waals surface area contributed by atoms with Crippen molar-refractivity contribution in [1.29, 1.82) is 5.26 Å². The molecule has 2 N–H and O–H groups in total. The molecule has 1 saturated heterocycles. The van der Waals surface area contributed by atoms with Gasteiger partial charge in [0.15, 0.2) is 0 Å².